The summed E-state index contributed by atoms with van der Waals surface area (Å²) < 4.78 is 78.6. The average Bonchev–Trinajstić information content (AvgIpc) is 3.46. The fourth-order valence-electron chi connectivity index (χ4n) is 5.75. The standard InChI is InChI=1S/C30H34F3IN2O8S/c1-29(28(39)43-3)12-10-18(11-13-29)44-25-15-21(24(42-2)16-22(25)31)27(38)36-23-9-5-8-20(23)26(37)35-17-6-4-7-19(14-17)45(40,41)30(32,33)34/h4,6-7,14-16,18,20,23H,5,8-13H2,1-3H3,(H,35,37)(H,36,38)/t18?,20-,23+,29?/m0/s1. The maximum atomic E-state index is 15.0. The molecular weight excluding hydrogens is 732 g/mol. The number of ether oxygens (including phenoxy) is 3. The zero-order valence-corrected chi connectivity index (χ0v) is 27.8. The summed E-state index contributed by atoms with van der Waals surface area (Å²) in [6, 6.07) is 6.24. The van der Waals surface area contributed by atoms with Crippen LogP contribution in [0.4, 0.5) is 18.9 Å². The molecule has 246 valence electrons. The van der Waals surface area contributed by atoms with Crippen LogP contribution in [-0.4, -0.2) is 55.8 Å². The Bertz CT molecular complexity index is 1560. The minimum atomic E-state index is -4.97. The van der Waals surface area contributed by atoms with Crippen molar-refractivity contribution in [2.75, 3.05) is 19.5 Å². The van der Waals surface area contributed by atoms with Crippen LogP contribution in [0.1, 0.15) is 62.2 Å². The number of alkyl halides is 3. The van der Waals surface area contributed by atoms with Crippen LogP contribution in [0, 0.1) is 17.2 Å². The van der Waals surface area contributed by atoms with Crippen molar-refractivity contribution < 1.29 is 50.2 Å². The van der Waals surface area contributed by atoms with Crippen LogP contribution in [0.2, 0.25) is 0 Å². The first-order valence-corrected chi connectivity index (χ1v) is 16.8. The normalized spacial score (nSPS) is 23.6. The summed E-state index contributed by atoms with van der Waals surface area (Å²) in [6.45, 7) is 1.82. The molecule has 0 bridgehead atoms. The fourth-order valence-corrected chi connectivity index (χ4v) is 7.32. The molecule has 2 saturated carbocycles. The van der Waals surface area contributed by atoms with Gasteiger partial charge < -0.3 is 24.8 Å². The molecular formula is C30H34F3IN2O8S. The second kappa shape index (κ2) is 13.7. The highest BCUT2D eigenvalue weighted by Gasteiger charge is 2.43. The summed E-state index contributed by atoms with van der Waals surface area (Å²) in [4.78, 5) is 38.1. The molecule has 2 aliphatic carbocycles. The number of rotatable bonds is 10. The van der Waals surface area contributed by atoms with Gasteiger partial charge in [0.25, 0.3) is 15.7 Å². The second-order valence-corrected chi connectivity index (χ2v) is 15.5. The van der Waals surface area contributed by atoms with Crippen LogP contribution in [0.25, 0.3) is 0 Å². The van der Waals surface area contributed by atoms with Crippen molar-refractivity contribution in [1.29, 1.82) is 0 Å². The van der Waals surface area contributed by atoms with Gasteiger partial charge >= 0.3 is 9.23 Å². The van der Waals surface area contributed by atoms with Gasteiger partial charge in [0, 0.05) is 40.4 Å². The highest BCUT2D eigenvalue weighted by atomic mass is 127. The Labute approximate surface area is 272 Å². The van der Waals surface area contributed by atoms with E-state index in [1.54, 1.807) is 0 Å². The molecule has 2 amide bonds. The van der Waals surface area contributed by atoms with Crippen LogP contribution in [-0.2, 0) is 24.2 Å². The first kappa shape index (κ1) is 34.8. The smallest absolute Gasteiger partial charge is 0.398 e. The number of methoxy groups -OCH3 is 2. The van der Waals surface area contributed by atoms with E-state index in [4.69, 9.17) is 14.2 Å². The van der Waals surface area contributed by atoms with Crippen LogP contribution in [0.15, 0.2) is 41.3 Å². The molecule has 0 heterocycles. The highest BCUT2D eigenvalue weighted by molar-refractivity contribution is 14.1. The molecule has 15 heteroatoms. The van der Waals surface area contributed by atoms with Crippen molar-refractivity contribution in [3.63, 3.8) is 0 Å². The average molecular weight is 767 g/mol. The molecule has 2 aliphatic rings. The molecule has 2 N–H and O–H groups in total. The molecule has 2 fully saturated rings. The fraction of sp³-hybridized carbons (Fsp3) is 0.500. The van der Waals surface area contributed by atoms with Crippen LogP contribution < -0.4 is 20.1 Å². The van der Waals surface area contributed by atoms with Crippen LogP contribution >= 0.6 is 22.6 Å². The monoisotopic (exact) mass is 766 g/mol. The van der Waals surface area contributed by atoms with Gasteiger partial charge in [0.05, 0.1) is 42.1 Å². The molecule has 0 spiro atoms. The van der Waals surface area contributed by atoms with Gasteiger partial charge in [0.1, 0.15) is 5.75 Å². The molecule has 2 aromatic rings. The number of carbonyl (C=O) groups excluding carboxylic acids is 3. The minimum Gasteiger partial charge on any atom is -0.496 e. The molecule has 2 atom stereocenters. The third-order valence-electron chi connectivity index (χ3n) is 8.39. The Morgan fingerprint density at radius 2 is 1.71 bits per heavy atom. The number of anilines is 1. The molecule has 0 saturated heterocycles. The van der Waals surface area contributed by atoms with E-state index in [0.717, 1.165) is 18.2 Å². The SMILES string of the molecule is COC(=O)C1(C)CCC(Oc2cc(C(=O)N[C@@H]3CCC[C@@H]3C(=O)Nc3cccc(S(=O)(=O)C(F)(F)I)c3)c(OC)cc2F)CC1. The van der Waals surface area contributed by atoms with Crippen molar-refractivity contribution in [2.45, 2.75) is 72.2 Å². The number of sulfone groups is 1. The van der Waals surface area contributed by atoms with Gasteiger partial charge in [-0.1, -0.05) is 12.5 Å². The number of halogens is 4. The predicted octanol–water partition coefficient (Wildman–Crippen LogP) is 5.63. The zero-order valence-electron chi connectivity index (χ0n) is 24.8. The van der Waals surface area contributed by atoms with Crippen molar-refractivity contribution >= 4 is 55.9 Å². The highest BCUT2D eigenvalue weighted by Crippen LogP contribution is 2.40. The van der Waals surface area contributed by atoms with Gasteiger partial charge in [-0.15, -0.1) is 0 Å². The van der Waals surface area contributed by atoms with Crippen LogP contribution in [0.5, 0.6) is 11.5 Å². The van der Waals surface area contributed by atoms with Crippen molar-refractivity contribution in [3.05, 3.63) is 47.8 Å². The maximum Gasteiger partial charge on any atom is 0.398 e. The molecule has 45 heavy (non-hydrogen) atoms. The number of amides is 2. The van der Waals surface area contributed by atoms with Gasteiger partial charge in [0.2, 0.25) is 5.91 Å². The lowest BCUT2D eigenvalue weighted by Crippen LogP contribution is -2.42. The largest absolute Gasteiger partial charge is 0.496 e. The topological polar surface area (TPSA) is 137 Å². The number of benzene rings is 2. The van der Waals surface area contributed by atoms with E-state index in [2.05, 4.69) is 10.6 Å². The summed E-state index contributed by atoms with van der Waals surface area (Å²) in [5.74, 6) is -3.10. The zero-order chi connectivity index (χ0) is 33.2. The Kier molecular flexibility index (Phi) is 10.6. The Balaban J connectivity index is 1.45. The summed E-state index contributed by atoms with van der Waals surface area (Å²) in [5, 5.41) is 5.38. The Morgan fingerprint density at radius 1 is 1.02 bits per heavy atom. The first-order valence-electron chi connectivity index (χ1n) is 14.3. The molecule has 2 aromatic carbocycles. The third kappa shape index (κ3) is 7.67. The van der Waals surface area contributed by atoms with Gasteiger partial charge in [0.15, 0.2) is 11.6 Å². The summed E-state index contributed by atoms with van der Waals surface area (Å²) in [7, 11) is -2.34. The molecule has 0 radical (unpaired) electrons. The lowest BCUT2D eigenvalue weighted by atomic mass is 9.75. The van der Waals surface area contributed by atoms with Crippen molar-refractivity contribution in [1.82, 2.24) is 5.32 Å². The minimum absolute atomic E-state index is 0.00667. The number of carbonyl (C=O) groups is 3. The number of nitrogens with one attached hydrogen (secondary N) is 2. The maximum absolute atomic E-state index is 15.0. The van der Waals surface area contributed by atoms with E-state index < -0.39 is 53.0 Å². The first-order chi connectivity index (χ1) is 21.1. The Hall–Kier alpha value is -3.08. The van der Waals surface area contributed by atoms with Crippen LogP contribution in [0.3, 0.4) is 0 Å². The van der Waals surface area contributed by atoms with E-state index in [-0.39, 0.29) is 34.8 Å². The van der Waals surface area contributed by atoms with Gasteiger partial charge in [-0.25, -0.2) is 12.8 Å². The molecule has 10 nitrogen and oxygen atoms in total. The number of hydrogen-bond donors (Lipinski definition) is 2. The lowest BCUT2D eigenvalue weighted by Gasteiger charge is -2.35. The number of hydrogen-bond acceptors (Lipinski definition) is 8. The summed E-state index contributed by atoms with van der Waals surface area (Å²) in [5.41, 5.74) is -0.643. The van der Waals surface area contributed by atoms with Crippen molar-refractivity contribution in [2.24, 2.45) is 11.3 Å². The van der Waals surface area contributed by atoms with Gasteiger partial charge in [-0.05, 0) is 69.7 Å². The molecule has 4 rings (SSSR count). The third-order valence-corrected chi connectivity index (χ3v) is 11.6. The van der Waals surface area contributed by atoms with E-state index in [9.17, 15) is 36.0 Å². The van der Waals surface area contributed by atoms with Gasteiger partial charge in [-0.2, -0.15) is 8.78 Å². The second-order valence-electron chi connectivity index (χ2n) is 11.4. The van der Waals surface area contributed by atoms with E-state index in [1.807, 2.05) is 6.92 Å². The molecule has 0 aromatic heterocycles. The summed E-state index contributed by atoms with van der Waals surface area (Å²) in [6.07, 6.45) is 3.01. The number of esters is 1. The van der Waals surface area contributed by atoms with E-state index >= 15 is 0 Å². The Morgan fingerprint density at radius 3 is 2.33 bits per heavy atom. The van der Waals surface area contributed by atoms with Gasteiger partial charge in [-0.3, -0.25) is 14.4 Å². The van der Waals surface area contributed by atoms with Crippen molar-refractivity contribution in [3.8, 4) is 11.5 Å². The van der Waals surface area contributed by atoms with E-state index in [1.165, 1.54) is 32.4 Å². The molecule has 0 aliphatic heterocycles. The quantitative estimate of drug-likeness (QED) is 0.181. The van der Waals surface area contributed by atoms with E-state index in [0.29, 0.717) is 67.5 Å². The lowest BCUT2D eigenvalue weighted by molar-refractivity contribution is -0.154. The predicted molar refractivity (Wildman–Crippen MR) is 166 cm³/mol. The summed E-state index contributed by atoms with van der Waals surface area (Å²) >= 11 is 0.534. The molecule has 0 unspecified atom stereocenters.